The lowest BCUT2D eigenvalue weighted by Gasteiger charge is -2.28. The molecule has 0 unspecified atom stereocenters. The topological polar surface area (TPSA) is 94.3 Å². The minimum absolute atomic E-state index is 0.0718. The molecule has 0 bridgehead atoms. The van der Waals surface area contributed by atoms with E-state index in [9.17, 15) is 19.2 Å². The fourth-order valence-corrected chi connectivity index (χ4v) is 4.43. The zero-order chi connectivity index (χ0) is 19.3. The first-order valence-electron chi connectivity index (χ1n) is 9.30. The van der Waals surface area contributed by atoms with Crippen molar-refractivity contribution in [2.24, 2.45) is 20.0 Å². The summed E-state index contributed by atoms with van der Waals surface area (Å²) >= 11 is 0. The van der Waals surface area contributed by atoms with Crippen LogP contribution in [0.15, 0.2) is 21.7 Å². The maximum absolute atomic E-state index is 13.1. The fourth-order valence-electron chi connectivity index (χ4n) is 4.43. The number of aromatic nitrogens is 3. The van der Waals surface area contributed by atoms with E-state index in [4.69, 9.17) is 0 Å². The molecule has 1 aliphatic heterocycles. The highest BCUT2D eigenvalue weighted by Crippen LogP contribution is 2.34. The van der Waals surface area contributed by atoms with Crippen LogP contribution >= 0.6 is 0 Å². The van der Waals surface area contributed by atoms with Crippen LogP contribution in [0.4, 0.5) is 0 Å². The van der Waals surface area contributed by atoms with Crippen molar-refractivity contribution in [2.45, 2.75) is 38.1 Å². The standard InChI is InChI=1S/C19H22N4O4/c1-21-16-12(17(25)22(2)19(21)27)8-9-13(20-16)18(26)23-10-4-6-14(23)11-5-3-7-15(11)24/h8-9,11,14H,3-7,10H2,1-2H3/t11-,14-/m0/s1. The normalized spacial score (nSPS) is 22.7. The van der Waals surface area contributed by atoms with Gasteiger partial charge < -0.3 is 4.90 Å². The van der Waals surface area contributed by atoms with Gasteiger partial charge in [0.05, 0.1) is 5.39 Å². The molecule has 2 aromatic rings. The number of Topliss-reactive ketones (excluding diaryl/α,β-unsaturated/α-hetero) is 1. The fraction of sp³-hybridized carbons (Fsp3) is 0.526. The molecule has 8 heteroatoms. The van der Waals surface area contributed by atoms with Crippen LogP contribution in [0.2, 0.25) is 0 Å². The Morgan fingerprint density at radius 2 is 1.85 bits per heavy atom. The molecule has 2 aliphatic rings. The second-order valence-electron chi connectivity index (χ2n) is 7.45. The van der Waals surface area contributed by atoms with Crippen molar-refractivity contribution in [3.05, 3.63) is 38.7 Å². The predicted molar refractivity (Wildman–Crippen MR) is 98.6 cm³/mol. The number of pyridine rings is 1. The number of carbonyl (C=O) groups is 2. The molecule has 0 N–H and O–H groups in total. The van der Waals surface area contributed by atoms with E-state index in [1.165, 1.54) is 24.7 Å². The van der Waals surface area contributed by atoms with Gasteiger partial charge in [0.2, 0.25) is 0 Å². The Morgan fingerprint density at radius 3 is 2.56 bits per heavy atom. The molecule has 2 aromatic heterocycles. The number of rotatable bonds is 2. The van der Waals surface area contributed by atoms with Gasteiger partial charge in [-0.05, 0) is 37.8 Å². The number of likely N-dealkylation sites (tertiary alicyclic amines) is 1. The van der Waals surface area contributed by atoms with Gasteiger partial charge in [0.25, 0.3) is 11.5 Å². The molecular weight excluding hydrogens is 348 g/mol. The lowest BCUT2D eigenvalue weighted by Crippen LogP contribution is -2.42. The van der Waals surface area contributed by atoms with Crippen molar-refractivity contribution in [1.29, 1.82) is 0 Å². The molecule has 27 heavy (non-hydrogen) atoms. The van der Waals surface area contributed by atoms with Crippen LogP contribution < -0.4 is 11.2 Å². The van der Waals surface area contributed by atoms with Gasteiger partial charge in [-0.1, -0.05) is 0 Å². The SMILES string of the molecule is Cn1c(=O)c2ccc(C(=O)N3CCC[C@H]3[C@@H]3CCCC3=O)nc2n(C)c1=O. The molecule has 1 amide bonds. The largest absolute Gasteiger partial charge is 0.334 e. The number of fused-ring (bicyclic) bond motifs is 1. The van der Waals surface area contributed by atoms with E-state index in [1.54, 1.807) is 11.0 Å². The molecule has 1 saturated carbocycles. The van der Waals surface area contributed by atoms with Gasteiger partial charge in [0, 0.05) is 39.0 Å². The van der Waals surface area contributed by atoms with E-state index < -0.39 is 11.2 Å². The van der Waals surface area contributed by atoms with Crippen molar-refractivity contribution < 1.29 is 9.59 Å². The second-order valence-corrected chi connectivity index (χ2v) is 7.45. The number of nitrogens with zero attached hydrogens (tertiary/aromatic N) is 4. The molecule has 2 fully saturated rings. The van der Waals surface area contributed by atoms with E-state index in [0.29, 0.717) is 18.4 Å². The average Bonchev–Trinajstić information content (AvgIpc) is 3.32. The molecule has 1 saturated heterocycles. The number of hydrogen-bond acceptors (Lipinski definition) is 5. The van der Waals surface area contributed by atoms with Gasteiger partial charge in [0.15, 0.2) is 0 Å². The number of ketones is 1. The average molecular weight is 370 g/mol. The van der Waals surface area contributed by atoms with Gasteiger partial charge in [-0.2, -0.15) is 0 Å². The second kappa shape index (κ2) is 6.44. The molecule has 4 rings (SSSR count). The first-order chi connectivity index (χ1) is 12.9. The Labute approximate surface area is 155 Å². The zero-order valence-corrected chi connectivity index (χ0v) is 15.5. The monoisotopic (exact) mass is 370 g/mol. The molecular formula is C19H22N4O4. The van der Waals surface area contributed by atoms with E-state index in [-0.39, 0.29) is 35.0 Å². The first kappa shape index (κ1) is 17.6. The molecule has 142 valence electrons. The summed E-state index contributed by atoms with van der Waals surface area (Å²) in [7, 11) is 2.94. The molecule has 0 aromatic carbocycles. The lowest BCUT2D eigenvalue weighted by molar-refractivity contribution is -0.121. The Kier molecular flexibility index (Phi) is 4.20. The van der Waals surface area contributed by atoms with Gasteiger partial charge in [-0.25, -0.2) is 9.78 Å². The molecule has 8 nitrogen and oxygen atoms in total. The van der Waals surface area contributed by atoms with Crippen LogP contribution in [0.3, 0.4) is 0 Å². The third-order valence-corrected chi connectivity index (χ3v) is 5.90. The molecule has 1 aliphatic carbocycles. The van der Waals surface area contributed by atoms with E-state index in [1.807, 2.05) is 0 Å². The first-order valence-corrected chi connectivity index (χ1v) is 9.30. The quantitative estimate of drug-likeness (QED) is 0.772. The van der Waals surface area contributed by atoms with Gasteiger partial charge >= 0.3 is 5.69 Å². The summed E-state index contributed by atoms with van der Waals surface area (Å²) in [4.78, 5) is 55.8. The van der Waals surface area contributed by atoms with Gasteiger partial charge in [0.1, 0.15) is 17.1 Å². The summed E-state index contributed by atoms with van der Waals surface area (Å²) in [6, 6.07) is 3.00. The molecule has 2 atom stereocenters. The van der Waals surface area contributed by atoms with Crippen LogP contribution in [-0.4, -0.2) is 43.3 Å². The molecule has 3 heterocycles. The number of hydrogen-bond donors (Lipinski definition) is 0. The number of carbonyl (C=O) groups excluding carboxylic acids is 2. The summed E-state index contributed by atoms with van der Waals surface area (Å²) in [6.45, 7) is 0.600. The maximum Gasteiger partial charge on any atom is 0.332 e. The van der Waals surface area contributed by atoms with Crippen LogP contribution in [0.5, 0.6) is 0 Å². The smallest absolute Gasteiger partial charge is 0.332 e. The summed E-state index contributed by atoms with van der Waals surface area (Å²) in [6.07, 6.45) is 4.02. The van der Waals surface area contributed by atoms with Crippen LogP contribution in [0.1, 0.15) is 42.6 Å². The number of aryl methyl sites for hydroxylation is 1. The van der Waals surface area contributed by atoms with Crippen molar-refractivity contribution in [1.82, 2.24) is 19.0 Å². The summed E-state index contributed by atoms with van der Waals surface area (Å²) < 4.78 is 2.29. The van der Waals surface area contributed by atoms with Crippen LogP contribution in [0, 0.1) is 5.92 Å². The summed E-state index contributed by atoms with van der Waals surface area (Å²) in [5.74, 6) is -0.0714. The van der Waals surface area contributed by atoms with Crippen molar-refractivity contribution in [2.75, 3.05) is 6.54 Å². The Morgan fingerprint density at radius 1 is 1.07 bits per heavy atom. The highest BCUT2D eigenvalue weighted by Gasteiger charge is 2.40. The minimum Gasteiger partial charge on any atom is -0.334 e. The van der Waals surface area contributed by atoms with Crippen molar-refractivity contribution in [3.8, 4) is 0 Å². The van der Waals surface area contributed by atoms with Gasteiger partial charge in [-0.15, -0.1) is 0 Å². The van der Waals surface area contributed by atoms with E-state index in [2.05, 4.69) is 4.98 Å². The molecule has 0 radical (unpaired) electrons. The number of amides is 1. The Balaban J connectivity index is 1.73. The van der Waals surface area contributed by atoms with Crippen molar-refractivity contribution >= 4 is 22.7 Å². The third-order valence-electron chi connectivity index (χ3n) is 5.90. The van der Waals surface area contributed by atoms with Crippen LogP contribution in [-0.2, 0) is 18.9 Å². The summed E-state index contributed by atoms with van der Waals surface area (Å²) in [5.41, 5.74) is -0.528. The maximum atomic E-state index is 13.1. The van der Waals surface area contributed by atoms with Crippen LogP contribution in [0.25, 0.3) is 11.0 Å². The molecule has 0 spiro atoms. The lowest BCUT2D eigenvalue weighted by atomic mass is 9.95. The summed E-state index contributed by atoms with van der Waals surface area (Å²) in [5, 5.41) is 0.292. The van der Waals surface area contributed by atoms with E-state index >= 15 is 0 Å². The third kappa shape index (κ3) is 2.70. The predicted octanol–water partition coefficient (Wildman–Crippen LogP) is 0.606. The van der Waals surface area contributed by atoms with E-state index in [0.717, 1.165) is 30.3 Å². The Bertz CT molecular complexity index is 1070. The van der Waals surface area contributed by atoms with Crippen molar-refractivity contribution in [3.63, 3.8) is 0 Å². The van der Waals surface area contributed by atoms with Gasteiger partial charge in [-0.3, -0.25) is 23.5 Å². The zero-order valence-electron chi connectivity index (χ0n) is 15.5. The Hall–Kier alpha value is -2.77. The minimum atomic E-state index is -0.486. The highest BCUT2D eigenvalue weighted by molar-refractivity contribution is 5.95. The highest BCUT2D eigenvalue weighted by atomic mass is 16.2.